The molecule has 0 bridgehead atoms. The number of benzene rings is 1. The van der Waals surface area contributed by atoms with Crippen LogP contribution < -0.4 is 0 Å². The van der Waals surface area contributed by atoms with Crippen molar-refractivity contribution in [3.63, 3.8) is 0 Å². The van der Waals surface area contributed by atoms with Crippen molar-refractivity contribution < 1.29 is 8.78 Å². The molecule has 19 heavy (non-hydrogen) atoms. The minimum absolute atomic E-state index is 0.0992. The highest BCUT2D eigenvalue weighted by Gasteiger charge is 2.23. The maximum atomic E-state index is 13.7. The van der Waals surface area contributed by atoms with Crippen LogP contribution in [0.5, 0.6) is 0 Å². The lowest BCUT2D eigenvalue weighted by Crippen LogP contribution is -2.20. The van der Waals surface area contributed by atoms with E-state index in [-0.39, 0.29) is 22.8 Å². The molecule has 0 saturated carbocycles. The van der Waals surface area contributed by atoms with E-state index in [0.29, 0.717) is 5.82 Å². The average molecular weight is 286 g/mol. The average Bonchev–Trinajstić information content (AvgIpc) is 2.65. The van der Waals surface area contributed by atoms with Gasteiger partial charge in [0, 0.05) is 11.0 Å². The molecule has 0 radical (unpaired) electrons. The molecule has 6 heteroatoms. The predicted octanol–water partition coefficient (Wildman–Crippen LogP) is 3.56. The SMILES string of the molecule is CC(C)(C)c1nnc(Cl)n1Cc1cc(F)ccc1F. The molecule has 1 aromatic heterocycles. The number of rotatable bonds is 2. The number of nitrogens with zero attached hydrogens (tertiary/aromatic N) is 3. The Balaban J connectivity index is 2.44. The van der Waals surface area contributed by atoms with Gasteiger partial charge in [0.05, 0.1) is 6.54 Å². The molecular weight excluding hydrogens is 272 g/mol. The summed E-state index contributed by atoms with van der Waals surface area (Å²) in [4.78, 5) is 0. The number of aromatic nitrogens is 3. The minimum Gasteiger partial charge on any atom is -0.297 e. The lowest BCUT2D eigenvalue weighted by atomic mass is 9.95. The fourth-order valence-electron chi connectivity index (χ4n) is 1.81. The van der Waals surface area contributed by atoms with Crippen LogP contribution in [-0.2, 0) is 12.0 Å². The van der Waals surface area contributed by atoms with E-state index in [1.807, 2.05) is 20.8 Å². The van der Waals surface area contributed by atoms with Crippen LogP contribution in [0.1, 0.15) is 32.2 Å². The number of hydrogen-bond acceptors (Lipinski definition) is 2. The maximum Gasteiger partial charge on any atom is 0.225 e. The highest BCUT2D eigenvalue weighted by molar-refractivity contribution is 6.28. The van der Waals surface area contributed by atoms with Crippen molar-refractivity contribution in [3.8, 4) is 0 Å². The largest absolute Gasteiger partial charge is 0.297 e. The first-order valence-electron chi connectivity index (χ1n) is 5.82. The summed E-state index contributed by atoms with van der Waals surface area (Å²) in [6.07, 6.45) is 0. The normalized spacial score (nSPS) is 11.9. The molecule has 0 spiro atoms. The Kier molecular flexibility index (Phi) is 3.58. The third-order valence-corrected chi connectivity index (χ3v) is 2.99. The molecular formula is C13H14ClF2N3. The van der Waals surface area contributed by atoms with Gasteiger partial charge < -0.3 is 0 Å². The summed E-state index contributed by atoms with van der Waals surface area (Å²) >= 11 is 5.97. The van der Waals surface area contributed by atoms with Crippen LogP contribution in [-0.4, -0.2) is 14.8 Å². The maximum absolute atomic E-state index is 13.7. The van der Waals surface area contributed by atoms with Crippen LogP contribution >= 0.6 is 11.6 Å². The summed E-state index contributed by atoms with van der Waals surface area (Å²) in [5.74, 6) is -0.343. The van der Waals surface area contributed by atoms with E-state index in [2.05, 4.69) is 10.2 Å². The van der Waals surface area contributed by atoms with Crippen molar-refractivity contribution in [1.82, 2.24) is 14.8 Å². The fourth-order valence-corrected chi connectivity index (χ4v) is 1.99. The van der Waals surface area contributed by atoms with Gasteiger partial charge in [0.1, 0.15) is 17.5 Å². The molecule has 0 atom stereocenters. The lowest BCUT2D eigenvalue weighted by Gasteiger charge is -2.19. The third kappa shape index (κ3) is 2.92. The van der Waals surface area contributed by atoms with Crippen LogP contribution in [0.3, 0.4) is 0 Å². The zero-order chi connectivity index (χ0) is 14.2. The molecule has 102 valence electrons. The first kappa shape index (κ1) is 13.9. The smallest absolute Gasteiger partial charge is 0.225 e. The highest BCUT2D eigenvalue weighted by atomic mass is 35.5. The molecule has 0 N–H and O–H groups in total. The van der Waals surface area contributed by atoms with E-state index in [1.165, 1.54) is 0 Å². The molecule has 3 nitrogen and oxygen atoms in total. The van der Waals surface area contributed by atoms with Crippen molar-refractivity contribution in [1.29, 1.82) is 0 Å². The van der Waals surface area contributed by atoms with E-state index in [1.54, 1.807) is 4.57 Å². The van der Waals surface area contributed by atoms with Gasteiger partial charge in [-0.05, 0) is 29.8 Å². The van der Waals surface area contributed by atoms with Crippen molar-refractivity contribution in [2.45, 2.75) is 32.7 Å². The van der Waals surface area contributed by atoms with Crippen LogP contribution in [0.25, 0.3) is 0 Å². The molecule has 0 aliphatic heterocycles. The standard InChI is InChI=1S/C13H14ClF2N3/c1-13(2,3)11-17-18-12(14)19(11)7-8-6-9(15)4-5-10(8)16/h4-6H,7H2,1-3H3. The Morgan fingerprint density at radius 2 is 1.89 bits per heavy atom. The second-order valence-corrected chi connectivity index (χ2v) is 5.70. The van der Waals surface area contributed by atoms with Crippen molar-refractivity contribution in [3.05, 3.63) is 46.5 Å². The van der Waals surface area contributed by atoms with E-state index in [4.69, 9.17) is 11.6 Å². The Morgan fingerprint density at radius 3 is 2.53 bits per heavy atom. The van der Waals surface area contributed by atoms with Gasteiger partial charge in [-0.1, -0.05) is 20.8 Å². The molecule has 1 heterocycles. The summed E-state index contributed by atoms with van der Waals surface area (Å²) in [5.41, 5.74) is -0.0728. The van der Waals surface area contributed by atoms with E-state index in [0.717, 1.165) is 18.2 Å². The van der Waals surface area contributed by atoms with E-state index in [9.17, 15) is 8.78 Å². The topological polar surface area (TPSA) is 30.7 Å². The van der Waals surface area contributed by atoms with Crippen LogP contribution in [0.4, 0.5) is 8.78 Å². The van der Waals surface area contributed by atoms with Gasteiger partial charge in [-0.2, -0.15) is 0 Å². The van der Waals surface area contributed by atoms with Gasteiger partial charge in [0.25, 0.3) is 0 Å². The molecule has 0 aliphatic carbocycles. The molecule has 0 saturated heterocycles. The molecule has 0 unspecified atom stereocenters. The van der Waals surface area contributed by atoms with E-state index >= 15 is 0 Å². The van der Waals surface area contributed by atoms with Crippen molar-refractivity contribution >= 4 is 11.6 Å². The highest BCUT2D eigenvalue weighted by Crippen LogP contribution is 2.24. The molecule has 0 fully saturated rings. The molecule has 1 aromatic carbocycles. The van der Waals surface area contributed by atoms with Crippen molar-refractivity contribution in [2.75, 3.05) is 0 Å². The van der Waals surface area contributed by atoms with Crippen LogP contribution in [0, 0.1) is 11.6 Å². The fraction of sp³-hybridized carbons (Fsp3) is 0.385. The molecule has 0 amide bonds. The second kappa shape index (κ2) is 4.89. The van der Waals surface area contributed by atoms with Gasteiger partial charge in [-0.15, -0.1) is 10.2 Å². The van der Waals surface area contributed by atoms with Gasteiger partial charge in [-0.3, -0.25) is 4.57 Å². The number of halogens is 3. The van der Waals surface area contributed by atoms with Crippen LogP contribution in [0.15, 0.2) is 18.2 Å². The predicted molar refractivity (Wildman–Crippen MR) is 69.2 cm³/mol. The van der Waals surface area contributed by atoms with Gasteiger partial charge in [0.15, 0.2) is 0 Å². The second-order valence-electron chi connectivity index (χ2n) is 5.36. The Labute approximate surface area is 115 Å². The lowest BCUT2D eigenvalue weighted by molar-refractivity contribution is 0.502. The quantitative estimate of drug-likeness (QED) is 0.845. The third-order valence-electron chi connectivity index (χ3n) is 2.71. The number of hydrogen-bond donors (Lipinski definition) is 0. The zero-order valence-electron chi connectivity index (χ0n) is 10.9. The Bertz CT molecular complexity index is 602. The molecule has 2 rings (SSSR count). The van der Waals surface area contributed by atoms with E-state index < -0.39 is 11.6 Å². The van der Waals surface area contributed by atoms with Crippen molar-refractivity contribution in [2.24, 2.45) is 0 Å². The zero-order valence-corrected chi connectivity index (χ0v) is 11.7. The first-order valence-corrected chi connectivity index (χ1v) is 6.20. The van der Waals surface area contributed by atoms with Gasteiger partial charge >= 0.3 is 0 Å². The first-order chi connectivity index (χ1) is 8.79. The Hall–Kier alpha value is -1.49. The van der Waals surface area contributed by atoms with Gasteiger partial charge in [-0.25, -0.2) is 8.78 Å². The molecule has 0 aliphatic rings. The summed E-state index contributed by atoms with van der Waals surface area (Å²) < 4.78 is 28.4. The minimum atomic E-state index is -0.488. The summed E-state index contributed by atoms with van der Waals surface area (Å²) in [6.45, 7) is 5.95. The Morgan fingerprint density at radius 1 is 1.21 bits per heavy atom. The van der Waals surface area contributed by atoms with Gasteiger partial charge in [0.2, 0.25) is 5.28 Å². The summed E-state index contributed by atoms with van der Waals surface area (Å²) in [7, 11) is 0. The van der Waals surface area contributed by atoms with Crippen LogP contribution in [0.2, 0.25) is 5.28 Å². The monoisotopic (exact) mass is 285 g/mol. The summed E-state index contributed by atoms with van der Waals surface area (Å²) in [6, 6.07) is 3.33. The molecule has 2 aromatic rings. The summed E-state index contributed by atoms with van der Waals surface area (Å²) in [5, 5.41) is 7.95.